The number of para-hydroxylation sites is 1. The van der Waals surface area contributed by atoms with Gasteiger partial charge >= 0.3 is 0 Å². The van der Waals surface area contributed by atoms with Crippen molar-refractivity contribution >= 4 is 58.6 Å². The normalized spacial score (nSPS) is 25.9. The molecule has 20 nitrogen and oxygen atoms in total. The second-order valence-electron chi connectivity index (χ2n) is 24.2. The van der Waals surface area contributed by atoms with Crippen LogP contribution in [0, 0.1) is 41.4 Å². The SMILES string of the molecule is C=Cc1ccccc1CN(C(=O)CCC(=O)NCCOCCOCCOCCOCCC(=O)N[C@H](C(=O)N[C@@H](C)C(=O)Nc1ccc([C@H]2O[C@H]3C[C@@H]4[C@H]5CCC6=CC(=O)C=C[C@@]6(C)[C@@H]5[C@H](O)C[C@@]4(C)[C@@]3(C(=O)CO)O2)cc1)C(C)C)c1ccccc1C. The summed E-state index contributed by atoms with van der Waals surface area (Å²) in [6, 6.07) is 20.3. The Kier molecular flexibility index (Phi) is 22.8. The molecule has 20 heteroatoms. The van der Waals surface area contributed by atoms with Gasteiger partial charge in [0.05, 0.1) is 71.6 Å². The molecule has 5 amide bonds. The molecule has 470 valence electrons. The van der Waals surface area contributed by atoms with E-state index in [9.17, 15) is 43.8 Å². The van der Waals surface area contributed by atoms with Gasteiger partial charge in [0.1, 0.15) is 18.7 Å². The van der Waals surface area contributed by atoms with Gasteiger partial charge in [-0.15, -0.1) is 0 Å². The second-order valence-corrected chi connectivity index (χ2v) is 24.2. The standard InChI is InChI=1S/C67H87N5O15/c1-8-45-14-10-11-15-47(45)40-72(53-16-12-9-13-43(53)4)59(79)24-23-57(77)68-28-30-83-32-34-85-36-35-84-33-31-82-29-26-58(78)71-61(42(2)3)63(81)69-44(5)62(80)70-49-20-17-46(18-21-49)64-86-56-38-52-51-22-19-48-37-50(74)25-27-65(48,6)60(51)54(75)39-66(52,7)67(56,87-64)55(76)41-73/h8-18,20-21,25,27,37,42,44,51-52,54,56,60-61,64,73,75H,1,19,22-24,26,28-36,38-41H2,2-7H3,(H,68,77)(H,69,81)(H,70,80)(H,71,78)/t44-,51+,52+,54+,56-,60-,61-,64-,65+,66+,67-/m0/s1. The number of carbonyl (C=O) groups is 7. The molecular weight excluding hydrogens is 1110 g/mol. The third-order valence-electron chi connectivity index (χ3n) is 18.3. The predicted octanol–water partition coefficient (Wildman–Crippen LogP) is 6.41. The molecule has 1 heterocycles. The highest BCUT2D eigenvalue weighted by Gasteiger charge is 2.76. The maximum absolute atomic E-state index is 14.0. The number of hydrogen-bond acceptors (Lipinski definition) is 15. The summed E-state index contributed by atoms with van der Waals surface area (Å²) in [6.45, 7) is 17.1. The number of amides is 5. The number of fused-ring (bicyclic) bond motifs is 7. The van der Waals surface area contributed by atoms with Crippen molar-refractivity contribution < 1.29 is 72.2 Å². The van der Waals surface area contributed by atoms with Gasteiger partial charge in [0.2, 0.25) is 29.5 Å². The molecule has 8 rings (SSSR count). The van der Waals surface area contributed by atoms with E-state index in [1.165, 1.54) is 6.92 Å². The van der Waals surface area contributed by atoms with Crippen molar-refractivity contribution in [2.45, 2.75) is 129 Å². The Bertz CT molecular complexity index is 3020. The number of aliphatic hydroxyl groups is 2. The van der Waals surface area contributed by atoms with Gasteiger partial charge in [-0.2, -0.15) is 0 Å². The minimum absolute atomic E-state index is 0.00396. The molecule has 0 aromatic heterocycles. The van der Waals surface area contributed by atoms with Crippen molar-refractivity contribution in [2.24, 2.45) is 34.5 Å². The first-order valence-electron chi connectivity index (χ1n) is 30.5. The van der Waals surface area contributed by atoms with E-state index in [2.05, 4.69) is 34.8 Å². The zero-order valence-electron chi connectivity index (χ0n) is 51.0. The minimum atomic E-state index is -1.51. The first-order chi connectivity index (χ1) is 41.7. The lowest BCUT2D eigenvalue weighted by molar-refractivity contribution is -0.201. The number of ether oxygens (including phenoxy) is 6. The number of hydrogen-bond donors (Lipinski definition) is 6. The van der Waals surface area contributed by atoms with E-state index >= 15 is 0 Å². The zero-order valence-corrected chi connectivity index (χ0v) is 51.0. The van der Waals surface area contributed by atoms with Crippen LogP contribution in [0.3, 0.4) is 0 Å². The number of allylic oxidation sites excluding steroid dienone is 4. The number of ketones is 2. The van der Waals surface area contributed by atoms with Crippen LogP contribution >= 0.6 is 0 Å². The third-order valence-corrected chi connectivity index (χ3v) is 18.3. The predicted molar refractivity (Wildman–Crippen MR) is 325 cm³/mol. The third kappa shape index (κ3) is 15.2. The molecule has 4 aliphatic carbocycles. The number of Topliss-reactive ketones (excluding diaryl/α,β-unsaturated/α-hetero) is 1. The summed E-state index contributed by atoms with van der Waals surface area (Å²) in [5.41, 5.74) is 2.84. The van der Waals surface area contributed by atoms with Crippen LogP contribution in [0.4, 0.5) is 11.4 Å². The number of rotatable bonds is 31. The second kappa shape index (κ2) is 30.0. The van der Waals surface area contributed by atoms with Crippen LogP contribution in [-0.4, -0.2) is 147 Å². The van der Waals surface area contributed by atoms with Gasteiger partial charge in [0.15, 0.2) is 23.5 Å². The zero-order chi connectivity index (χ0) is 62.5. The highest BCUT2D eigenvalue weighted by Crippen LogP contribution is 2.70. The van der Waals surface area contributed by atoms with Crippen molar-refractivity contribution in [1.29, 1.82) is 0 Å². The van der Waals surface area contributed by atoms with Crippen LogP contribution < -0.4 is 26.2 Å². The van der Waals surface area contributed by atoms with E-state index in [0.29, 0.717) is 63.6 Å². The maximum atomic E-state index is 14.0. The summed E-state index contributed by atoms with van der Waals surface area (Å²) in [5.74, 6) is -2.85. The average molecular weight is 1200 g/mol. The van der Waals surface area contributed by atoms with Gasteiger partial charge < -0.3 is 64.8 Å². The fourth-order valence-electron chi connectivity index (χ4n) is 13.8. The lowest BCUT2D eigenvalue weighted by atomic mass is 9.46. The summed E-state index contributed by atoms with van der Waals surface area (Å²) >= 11 is 0. The van der Waals surface area contributed by atoms with Crippen LogP contribution in [0.5, 0.6) is 0 Å². The van der Waals surface area contributed by atoms with Crippen molar-refractivity contribution in [3.63, 3.8) is 0 Å². The van der Waals surface area contributed by atoms with Gasteiger partial charge in [0, 0.05) is 59.5 Å². The smallest absolute Gasteiger partial charge is 0.246 e. The Balaban J connectivity index is 0.666. The van der Waals surface area contributed by atoms with Gasteiger partial charge in [-0.05, 0) is 104 Å². The van der Waals surface area contributed by atoms with E-state index in [0.717, 1.165) is 34.4 Å². The molecule has 87 heavy (non-hydrogen) atoms. The fourth-order valence-corrected chi connectivity index (χ4v) is 13.8. The van der Waals surface area contributed by atoms with E-state index < -0.39 is 77.1 Å². The number of benzene rings is 3. The highest BCUT2D eigenvalue weighted by atomic mass is 16.7. The molecule has 5 aliphatic rings. The Labute approximate surface area is 510 Å². The highest BCUT2D eigenvalue weighted by molar-refractivity contribution is 6.01. The summed E-state index contributed by atoms with van der Waals surface area (Å²) in [5, 5.41) is 33.4. The van der Waals surface area contributed by atoms with Crippen LogP contribution in [0.15, 0.2) is 103 Å². The topological polar surface area (TPSA) is 267 Å². The van der Waals surface area contributed by atoms with Gasteiger partial charge in [-0.1, -0.05) is 107 Å². The van der Waals surface area contributed by atoms with Crippen LogP contribution in [0.25, 0.3) is 6.08 Å². The summed E-state index contributed by atoms with van der Waals surface area (Å²) in [4.78, 5) is 93.8. The van der Waals surface area contributed by atoms with Crippen molar-refractivity contribution in [3.8, 4) is 0 Å². The first kappa shape index (κ1) is 66.2. The Morgan fingerprint density at radius 3 is 2.16 bits per heavy atom. The number of anilines is 2. The number of nitrogens with zero attached hydrogens (tertiary/aromatic N) is 1. The molecule has 3 saturated carbocycles. The van der Waals surface area contributed by atoms with E-state index in [1.54, 1.807) is 61.2 Å². The number of nitrogens with one attached hydrogen (secondary N) is 4. The number of aryl methyl sites for hydroxylation is 1. The Morgan fingerprint density at radius 2 is 1.48 bits per heavy atom. The molecule has 0 bridgehead atoms. The Morgan fingerprint density at radius 1 is 0.816 bits per heavy atom. The lowest BCUT2D eigenvalue weighted by Crippen LogP contribution is -2.63. The van der Waals surface area contributed by atoms with Crippen molar-refractivity contribution in [3.05, 3.63) is 125 Å². The summed E-state index contributed by atoms with van der Waals surface area (Å²) in [7, 11) is 0. The molecular formula is C67H87N5O15. The number of aliphatic hydroxyl groups excluding tert-OH is 2. The number of carbonyl (C=O) groups excluding carboxylic acids is 7. The lowest BCUT2D eigenvalue weighted by Gasteiger charge is -2.59. The summed E-state index contributed by atoms with van der Waals surface area (Å²) < 4.78 is 35.6. The summed E-state index contributed by atoms with van der Waals surface area (Å²) in [6.07, 6.45) is 6.85. The average Bonchev–Trinajstić information content (AvgIpc) is 1.55. The quantitative estimate of drug-likeness (QED) is 0.0380. The molecule has 0 radical (unpaired) electrons. The first-order valence-corrected chi connectivity index (χ1v) is 30.5. The molecule has 0 unspecified atom stereocenters. The molecule has 0 spiro atoms. The Hall–Kier alpha value is -6.75. The fraction of sp³-hybridized carbons (Fsp3) is 0.537. The van der Waals surface area contributed by atoms with Gasteiger partial charge in [-0.3, -0.25) is 33.6 Å². The van der Waals surface area contributed by atoms with Gasteiger partial charge in [0.25, 0.3) is 0 Å². The molecule has 3 aromatic carbocycles. The largest absolute Gasteiger partial charge is 0.393 e. The van der Waals surface area contributed by atoms with Crippen LogP contribution in [-0.2, 0) is 68.5 Å². The maximum Gasteiger partial charge on any atom is 0.246 e. The van der Waals surface area contributed by atoms with Gasteiger partial charge in [-0.25, -0.2) is 0 Å². The van der Waals surface area contributed by atoms with Crippen LogP contribution in [0.1, 0.15) is 108 Å². The molecule has 11 atom stereocenters. The molecule has 1 saturated heterocycles. The van der Waals surface area contributed by atoms with Crippen LogP contribution in [0.2, 0.25) is 0 Å². The van der Waals surface area contributed by atoms with E-state index in [1.807, 2.05) is 68.5 Å². The molecule has 6 N–H and O–H groups in total. The monoisotopic (exact) mass is 1200 g/mol. The minimum Gasteiger partial charge on any atom is -0.393 e. The van der Waals surface area contributed by atoms with E-state index in [-0.39, 0.29) is 93.4 Å². The molecule has 1 aliphatic heterocycles. The van der Waals surface area contributed by atoms with Crippen molar-refractivity contribution in [2.75, 3.05) is 76.2 Å². The molecule has 4 fully saturated rings. The molecule has 3 aromatic rings. The van der Waals surface area contributed by atoms with E-state index in [4.69, 9.17) is 28.4 Å². The van der Waals surface area contributed by atoms with Crippen molar-refractivity contribution in [1.82, 2.24) is 16.0 Å².